The summed E-state index contributed by atoms with van der Waals surface area (Å²) >= 11 is 0. The maximum Gasteiger partial charge on any atom is 0.433 e. The molecule has 0 saturated carbocycles. The zero-order valence-electron chi connectivity index (χ0n) is 14.6. The quantitative estimate of drug-likeness (QED) is 0.731. The van der Waals surface area contributed by atoms with Crippen molar-refractivity contribution in [3.8, 4) is 0 Å². The summed E-state index contributed by atoms with van der Waals surface area (Å²) in [4.78, 5) is 33.3. The van der Waals surface area contributed by atoms with Crippen molar-refractivity contribution in [1.82, 2.24) is 25.0 Å². The molecule has 8 nitrogen and oxygen atoms in total. The summed E-state index contributed by atoms with van der Waals surface area (Å²) < 4.78 is 41.2. The molecule has 4 heterocycles. The molecular weight excluding hydrogens is 365 g/mol. The second kappa shape index (κ2) is 5.33. The van der Waals surface area contributed by atoms with Crippen molar-refractivity contribution in [2.75, 3.05) is 18.0 Å². The van der Waals surface area contributed by atoms with Crippen molar-refractivity contribution >= 4 is 23.4 Å². The van der Waals surface area contributed by atoms with Gasteiger partial charge in [-0.1, -0.05) is 13.8 Å². The third kappa shape index (κ3) is 2.52. The second-order valence-corrected chi connectivity index (χ2v) is 7.49. The van der Waals surface area contributed by atoms with E-state index in [0.717, 1.165) is 6.07 Å². The number of amides is 3. The first-order valence-corrected chi connectivity index (χ1v) is 8.32. The first-order chi connectivity index (χ1) is 12.5. The average molecular weight is 382 g/mol. The minimum atomic E-state index is -4.59. The van der Waals surface area contributed by atoms with Gasteiger partial charge in [0.2, 0.25) is 0 Å². The molecule has 2 N–H and O–H groups in total. The zero-order valence-corrected chi connectivity index (χ0v) is 14.6. The first kappa shape index (κ1) is 17.6. The maximum atomic E-state index is 13.2. The van der Waals surface area contributed by atoms with E-state index >= 15 is 0 Å². The van der Waals surface area contributed by atoms with E-state index in [0.29, 0.717) is 0 Å². The summed E-state index contributed by atoms with van der Waals surface area (Å²) in [5.41, 5.74) is -2.73. The van der Waals surface area contributed by atoms with E-state index in [1.165, 1.54) is 16.9 Å². The van der Waals surface area contributed by atoms with Crippen LogP contribution in [0.25, 0.3) is 5.65 Å². The molecule has 2 aromatic rings. The maximum absolute atomic E-state index is 13.2. The summed E-state index contributed by atoms with van der Waals surface area (Å²) in [7, 11) is 0. The van der Waals surface area contributed by atoms with Crippen molar-refractivity contribution in [1.29, 1.82) is 0 Å². The number of urea groups is 1. The highest BCUT2D eigenvalue weighted by Crippen LogP contribution is 2.42. The van der Waals surface area contributed by atoms with Crippen LogP contribution in [0.1, 0.15) is 26.0 Å². The number of hydrogen-bond acceptors (Lipinski definition) is 5. The first-order valence-electron chi connectivity index (χ1n) is 8.32. The SMILES string of the molecule is CC1(C)CN(c2cc(C(F)(F)F)nc3cncn23)CCC12NC(=O)NC2=O. The van der Waals surface area contributed by atoms with Crippen molar-refractivity contribution in [2.45, 2.75) is 32.0 Å². The normalized spacial score (nSPS) is 25.1. The van der Waals surface area contributed by atoms with Crippen LogP contribution in [0.3, 0.4) is 0 Å². The number of nitrogens with one attached hydrogen (secondary N) is 2. The Kier molecular flexibility index (Phi) is 3.47. The molecule has 0 aliphatic carbocycles. The standard InChI is InChI=1S/C16H17F3N6O2/c1-14(2)7-24(4-3-15(14)12(26)22-13(27)23-15)11-5-9(16(17,18)19)21-10-6-20-8-25(10)11/h5-6,8H,3-4,7H2,1-2H3,(H2,22,23,26,27). The number of aromatic nitrogens is 3. The van der Waals surface area contributed by atoms with E-state index in [4.69, 9.17) is 0 Å². The molecule has 144 valence electrons. The lowest BCUT2D eigenvalue weighted by molar-refractivity contribution is -0.141. The molecule has 2 saturated heterocycles. The van der Waals surface area contributed by atoms with Crippen LogP contribution in [0.5, 0.6) is 0 Å². The number of piperidine rings is 1. The van der Waals surface area contributed by atoms with Gasteiger partial charge in [0.05, 0.1) is 6.20 Å². The van der Waals surface area contributed by atoms with E-state index in [1.54, 1.807) is 18.7 Å². The smallest absolute Gasteiger partial charge is 0.357 e. The number of hydrogen-bond donors (Lipinski definition) is 2. The van der Waals surface area contributed by atoms with E-state index in [9.17, 15) is 22.8 Å². The fourth-order valence-electron chi connectivity index (χ4n) is 3.96. The zero-order chi connectivity index (χ0) is 19.6. The summed E-state index contributed by atoms with van der Waals surface area (Å²) in [6.45, 7) is 4.16. The molecule has 2 aromatic heterocycles. The van der Waals surface area contributed by atoms with Crippen LogP contribution >= 0.6 is 0 Å². The van der Waals surface area contributed by atoms with Gasteiger partial charge in [-0.3, -0.25) is 14.5 Å². The van der Waals surface area contributed by atoms with Crippen LogP contribution in [0.2, 0.25) is 0 Å². The van der Waals surface area contributed by atoms with Crippen LogP contribution in [0.15, 0.2) is 18.6 Å². The molecular formula is C16H17F3N6O2. The molecule has 2 aliphatic heterocycles. The van der Waals surface area contributed by atoms with Gasteiger partial charge in [-0.25, -0.2) is 14.8 Å². The summed E-state index contributed by atoms with van der Waals surface area (Å²) in [6, 6.07) is 0.428. The molecule has 11 heteroatoms. The van der Waals surface area contributed by atoms with E-state index < -0.39 is 34.8 Å². The lowest BCUT2D eigenvalue weighted by atomic mass is 9.67. The van der Waals surface area contributed by atoms with Crippen LogP contribution in [-0.2, 0) is 11.0 Å². The lowest BCUT2D eigenvalue weighted by Gasteiger charge is -2.50. The van der Waals surface area contributed by atoms with Gasteiger partial charge in [0, 0.05) is 24.6 Å². The Balaban J connectivity index is 1.75. The minimum absolute atomic E-state index is 0.0878. The number of alkyl halides is 3. The number of carbonyl (C=O) groups excluding carboxylic acids is 2. The number of fused-ring (bicyclic) bond motifs is 1. The van der Waals surface area contributed by atoms with Crippen LogP contribution in [0.4, 0.5) is 23.8 Å². The van der Waals surface area contributed by atoms with Crippen molar-refractivity contribution in [3.05, 3.63) is 24.3 Å². The van der Waals surface area contributed by atoms with Gasteiger partial charge < -0.3 is 10.2 Å². The number of halogens is 3. The molecule has 2 aliphatic rings. The van der Waals surface area contributed by atoms with E-state index in [-0.39, 0.29) is 31.0 Å². The number of nitrogens with zero attached hydrogens (tertiary/aromatic N) is 4. The average Bonchev–Trinajstić information content (AvgIpc) is 3.13. The molecule has 0 radical (unpaired) electrons. The van der Waals surface area contributed by atoms with E-state index in [2.05, 4.69) is 20.6 Å². The summed E-state index contributed by atoms with van der Waals surface area (Å²) in [5, 5.41) is 4.97. The van der Waals surface area contributed by atoms with Crippen LogP contribution < -0.4 is 15.5 Å². The monoisotopic (exact) mass is 382 g/mol. The van der Waals surface area contributed by atoms with Crippen LogP contribution in [0, 0.1) is 5.41 Å². The van der Waals surface area contributed by atoms with E-state index in [1.807, 2.05) is 0 Å². The highest BCUT2D eigenvalue weighted by atomic mass is 19.4. The van der Waals surface area contributed by atoms with Gasteiger partial charge in [0.15, 0.2) is 11.3 Å². The Hall–Kier alpha value is -2.85. The van der Waals surface area contributed by atoms with Gasteiger partial charge in [-0.05, 0) is 6.42 Å². The minimum Gasteiger partial charge on any atom is -0.357 e. The highest BCUT2D eigenvalue weighted by Gasteiger charge is 2.58. The third-order valence-corrected chi connectivity index (χ3v) is 5.42. The topological polar surface area (TPSA) is 91.6 Å². The third-order valence-electron chi connectivity index (χ3n) is 5.42. The van der Waals surface area contributed by atoms with Crippen LogP contribution in [-0.4, -0.2) is 44.9 Å². The predicted octanol–water partition coefficient (Wildman–Crippen LogP) is 1.56. The Bertz CT molecular complexity index is 953. The Labute approximate surface area is 151 Å². The van der Waals surface area contributed by atoms with Crippen molar-refractivity contribution in [3.63, 3.8) is 0 Å². The largest absolute Gasteiger partial charge is 0.433 e. The summed E-state index contributed by atoms with van der Waals surface area (Å²) in [5.74, 6) is -0.117. The van der Waals surface area contributed by atoms with Crippen molar-refractivity contribution < 1.29 is 22.8 Å². The predicted molar refractivity (Wildman–Crippen MR) is 88.0 cm³/mol. The Morgan fingerprint density at radius 1 is 1.26 bits per heavy atom. The van der Waals surface area contributed by atoms with Gasteiger partial charge >= 0.3 is 12.2 Å². The molecule has 0 bridgehead atoms. The number of carbonyl (C=O) groups is 2. The number of imide groups is 1. The number of rotatable bonds is 1. The molecule has 3 amide bonds. The van der Waals surface area contributed by atoms with Gasteiger partial charge in [-0.2, -0.15) is 13.2 Å². The number of anilines is 1. The fourth-order valence-corrected chi connectivity index (χ4v) is 3.96. The van der Waals surface area contributed by atoms with Crippen molar-refractivity contribution in [2.24, 2.45) is 5.41 Å². The Morgan fingerprint density at radius 2 is 2.00 bits per heavy atom. The fraction of sp³-hybridized carbons (Fsp3) is 0.500. The van der Waals surface area contributed by atoms with Gasteiger partial charge in [0.1, 0.15) is 17.7 Å². The Morgan fingerprint density at radius 3 is 2.59 bits per heavy atom. The van der Waals surface area contributed by atoms with Gasteiger partial charge in [0.25, 0.3) is 5.91 Å². The molecule has 27 heavy (non-hydrogen) atoms. The molecule has 1 spiro atoms. The molecule has 4 rings (SSSR count). The van der Waals surface area contributed by atoms with Gasteiger partial charge in [-0.15, -0.1) is 0 Å². The lowest BCUT2D eigenvalue weighted by Crippen LogP contribution is -2.66. The number of imidazole rings is 1. The summed E-state index contributed by atoms with van der Waals surface area (Å²) in [6.07, 6.45) is -1.66. The second-order valence-electron chi connectivity index (χ2n) is 7.49. The molecule has 1 unspecified atom stereocenters. The molecule has 2 fully saturated rings. The molecule has 0 aromatic carbocycles. The molecule has 1 atom stereocenters. The highest BCUT2D eigenvalue weighted by molar-refractivity contribution is 6.07.